The van der Waals surface area contributed by atoms with Gasteiger partial charge in [-0.05, 0) is 55.0 Å². The van der Waals surface area contributed by atoms with E-state index in [-0.39, 0.29) is 0 Å². The van der Waals surface area contributed by atoms with Crippen molar-refractivity contribution in [1.82, 2.24) is 0 Å². The molecule has 1 aliphatic carbocycles. The third-order valence-corrected chi connectivity index (χ3v) is 3.67. The first-order valence-electron chi connectivity index (χ1n) is 6.15. The van der Waals surface area contributed by atoms with Crippen LogP contribution in [0.4, 0.5) is 5.69 Å². The molecule has 90 valence electrons. The zero-order valence-corrected chi connectivity index (χ0v) is 9.78. The van der Waals surface area contributed by atoms with Gasteiger partial charge in [-0.15, -0.1) is 0 Å². The van der Waals surface area contributed by atoms with E-state index >= 15 is 0 Å². The predicted molar refractivity (Wildman–Crippen MR) is 66.3 cm³/mol. The maximum Gasteiger partial charge on any atom is 0.147 e. The van der Waals surface area contributed by atoms with Gasteiger partial charge in [0.2, 0.25) is 0 Å². The second-order valence-corrected chi connectivity index (χ2v) is 4.84. The number of hydrogen-bond acceptors (Lipinski definition) is 3. The average Bonchev–Trinajstić information content (AvgIpc) is 2.69. The van der Waals surface area contributed by atoms with Gasteiger partial charge in [0, 0.05) is 5.69 Å². The fourth-order valence-corrected chi connectivity index (χ4v) is 2.78. The highest BCUT2D eigenvalue weighted by atomic mass is 16.5. The Morgan fingerprint density at radius 3 is 3.00 bits per heavy atom. The molecule has 0 fully saturated rings. The van der Waals surface area contributed by atoms with E-state index in [4.69, 9.17) is 10.5 Å². The average molecular weight is 231 g/mol. The number of allylic oxidation sites excluding steroid dienone is 1. The summed E-state index contributed by atoms with van der Waals surface area (Å²) in [5.41, 5.74) is 7.70. The molecule has 1 aliphatic heterocycles. The quantitative estimate of drug-likeness (QED) is 0.728. The van der Waals surface area contributed by atoms with Gasteiger partial charge in [0.1, 0.15) is 11.4 Å². The van der Waals surface area contributed by atoms with Crippen molar-refractivity contribution in [2.24, 2.45) is 0 Å². The largest absolute Gasteiger partial charge is 0.495 e. The molecule has 3 rings (SSSR count). The standard InChI is InChI=1S/C14H17NO2/c15-11-4-5-12-10(9-11)6-7-14(12,16)13-3-1-2-8-17-13/h3-5,9,16H,1-2,6-8,15H2. The lowest BCUT2D eigenvalue weighted by atomic mass is 9.92. The molecule has 0 amide bonds. The van der Waals surface area contributed by atoms with Crippen LogP contribution in [0.15, 0.2) is 30.0 Å². The SMILES string of the molecule is Nc1ccc2c(c1)CCC2(O)C1=CCCCO1. The van der Waals surface area contributed by atoms with Gasteiger partial charge in [0.15, 0.2) is 0 Å². The second-order valence-electron chi connectivity index (χ2n) is 4.84. The number of ether oxygens (including phenoxy) is 1. The molecule has 1 unspecified atom stereocenters. The fourth-order valence-electron chi connectivity index (χ4n) is 2.78. The van der Waals surface area contributed by atoms with Gasteiger partial charge in [-0.2, -0.15) is 0 Å². The van der Waals surface area contributed by atoms with Gasteiger partial charge in [0.25, 0.3) is 0 Å². The molecule has 0 aromatic heterocycles. The molecule has 1 atom stereocenters. The minimum Gasteiger partial charge on any atom is -0.495 e. The molecule has 3 heteroatoms. The van der Waals surface area contributed by atoms with Crippen LogP contribution in [-0.2, 0) is 16.8 Å². The molecule has 1 aromatic rings. The van der Waals surface area contributed by atoms with Crippen LogP contribution in [0.2, 0.25) is 0 Å². The maximum atomic E-state index is 10.8. The van der Waals surface area contributed by atoms with Gasteiger partial charge < -0.3 is 15.6 Å². The molecular weight excluding hydrogens is 214 g/mol. The smallest absolute Gasteiger partial charge is 0.147 e. The van der Waals surface area contributed by atoms with Crippen LogP contribution in [-0.4, -0.2) is 11.7 Å². The lowest BCUT2D eigenvalue weighted by Crippen LogP contribution is -2.28. The van der Waals surface area contributed by atoms with E-state index in [1.807, 2.05) is 24.3 Å². The van der Waals surface area contributed by atoms with Gasteiger partial charge >= 0.3 is 0 Å². The number of hydrogen-bond donors (Lipinski definition) is 2. The van der Waals surface area contributed by atoms with Crippen LogP contribution in [0.1, 0.15) is 30.4 Å². The number of fused-ring (bicyclic) bond motifs is 1. The van der Waals surface area contributed by atoms with E-state index in [1.54, 1.807) is 0 Å². The minimum atomic E-state index is -0.927. The highest BCUT2D eigenvalue weighted by Gasteiger charge is 2.41. The van der Waals surface area contributed by atoms with Crippen LogP contribution in [0.5, 0.6) is 0 Å². The highest BCUT2D eigenvalue weighted by Crippen LogP contribution is 2.44. The summed E-state index contributed by atoms with van der Waals surface area (Å²) in [6, 6.07) is 5.73. The second kappa shape index (κ2) is 3.77. The summed E-state index contributed by atoms with van der Waals surface area (Å²) >= 11 is 0. The molecule has 0 saturated heterocycles. The Labute approximate surface area is 101 Å². The molecule has 3 N–H and O–H groups in total. The van der Waals surface area contributed by atoms with Gasteiger partial charge in [-0.3, -0.25) is 0 Å². The van der Waals surface area contributed by atoms with Crippen LogP contribution in [0, 0.1) is 0 Å². The van der Waals surface area contributed by atoms with Crippen molar-refractivity contribution in [3.8, 4) is 0 Å². The monoisotopic (exact) mass is 231 g/mol. The van der Waals surface area contributed by atoms with E-state index < -0.39 is 5.60 Å². The molecular formula is C14H17NO2. The van der Waals surface area contributed by atoms with E-state index in [1.165, 1.54) is 0 Å². The van der Waals surface area contributed by atoms with E-state index in [9.17, 15) is 5.11 Å². The molecule has 0 spiro atoms. The van der Waals surface area contributed by atoms with Gasteiger partial charge in [-0.1, -0.05) is 6.07 Å². The summed E-state index contributed by atoms with van der Waals surface area (Å²) in [7, 11) is 0. The minimum absolute atomic E-state index is 0.692. The Balaban J connectivity index is 2.04. The number of aliphatic hydroxyl groups is 1. The van der Waals surface area contributed by atoms with Crippen molar-refractivity contribution < 1.29 is 9.84 Å². The molecule has 1 heterocycles. The van der Waals surface area contributed by atoms with Crippen molar-refractivity contribution >= 4 is 5.69 Å². The van der Waals surface area contributed by atoms with Crippen molar-refractivity contribution in [3.63, 3.8) is 0 Å². The lowest BCUT2D eigenvalue weighted by Gasteiger charge is -2.29. The Kier molecular flexibility index (Phi) is 2.37. The topological polar surface area (TPSA) is 55.5 Å². The number of anilines is 1. The summed E-state index contributed by atoms with van der Waals surface area (Å²) in [5.74, 6) is 0.729. The predicted octanol–water partition coefficient (Wildman–Crippen LogP) is 2.10. The number of aryl methyl sites for hydroxylation is 1. The Bertz CT molecular complexity index is 481. The normalized spacial score (nSPS) is 27.2. The highest BCUT2D eigenvalue weighted by molar-refractivity contribution is 5.51. The first kappa shape index (κ1) is 10.7. The van der Waals surface area contributed by atoms with Crippen LogP contribution >= 0.6 is 0 Å². The number of benzene rings is 1. The van der Waals surface area contributed by atoms with Crippen molar-refractivity contribution in [2.75, 3.05) is 12.3 Å². The third kappa shape index (κ3) is 1.62. The summed E-state index contributed by atoms with van der Waals surface area (Å²) in [6.45, 7) is 0.707. The molecule has 0 bridgehead atoms. The number of rotatable bonds is 1. The van der Waals surface area contributed by atoms with Crippen molar-refractivity contribution in [1.29, 1.82) is 0 Å². The molecule has 1 aromatic carbocycles. The van der Waals surface area contributed by atoms with Crippen molar-refractivity contribution in [3.05, 3.63) is 41.2 Å². The molecule has 0 radical (unpaired) electrons. The summed E-state index contributed by atoms with van der Waals surface area (Å²) < 4.78 is 5.63. The first-order valence-corrected chi connectivity index (χ1v) is 6.15. The Morgan fingerprint density at radius 2 is 2.24 bits per heavy atom. The molecule has 2 aliphatic rings. The zero-order valence-electron chi connectivity index (χ0n) is 9.78. The number of nitrogen functional groups attached to an aromatic ring is 1. The first-order chi connectivity index (χ1) is 8.20. The zero-order chi connectivity index (χ0) is 11.9. The molecule has 3 nitrogen and oxygen atoms in total. The Morgan fingerprint density at radius 1 is 1.35 bits per heavy atom. The van der Waals surface area contributed by atoms with Gasteiger partial charge in [-0.25, -0.2) is 0 Å². The van der Waals surface area contributed by atoms with Crippen molar-refractivity contribution in [2.45, 2.75) is 31.3 Å². The Hall–Kier alpha value is -1.48. The van der Waals surface area contributed by atoms with Gasteiger partial charge in [0.05, 0.1) is 6.61 Å². The fraction of sp³-hybridized carbons (Fsp3) is 0.429. The van der Waals surface area contributed by atoms with Crippen LogP contribution < -0.4 is 5.73 Å². The molecule has 17 heavy (non-hydrogen) atoms. The molecule has 0 saturated carbocycles. The van der Waals surface area contributed by atoms with E-state index in [0.29, 0.717) is 13.0 Å². The number of nitrogens with two attached hydrogens (primary N) is 1. The van der Waals surface area contributed by atoms with E-state index in [2.05, 4.69) is 0 Å². The summed E-state index contributed by atoms with van der Waals surface area (Å²) in [5, 5.41) is 10.8. The lowest BCUT2D eigenvalue weighted by molar-refractivity contribution is 0.00190. The maximum absolute atomic E-state index is 10.8. The third-order valence-electron chi connectivity index (χ3n) is 3.67. The van der Waals surface area contributed by atoms with Crippen LogP contribution in [0.25, 0.3) is 0 Å². The summed E-state index contributed by atoms with van der Waals surface area (Å²) in [6.07, 6.45) is 5.60. The summed E-state index contributed by atoms with van der Waals surface area (Å²) in [4.78, 5) is 0. The van der Waals surface area contributed by atoms with E-state index in [0.717, 1.165) is 41.8 Å². The van der Waals surface area contributed by atoms with Crippen LogP contribution in [0.3, 0.4) is 0 Å².